The molecule has 1 saturated heterocycles. The van der Waals surface area contributed by atoms with Crippen LogP contribution in [0.2, 0.25) is 0 Å². The minimum atomic E-state index is -0.756. The van der Waals surface area contributed by atoms with Crippen LogP contribution in [-0.2, 0) is 16.1 Å². The van der Waals surface area contributed by atoms with E-state index in [2.05, 4.69) is 27.1 Å². The molecule has 2 aromatic rings. The summed E-state index contributed by atoms with van der Waals surface area (Å²) in [4.78, 5) is 33.5. The monoisotopic (exact) mass is 495 g/mol. The van der Waals surface area contributed by atoms with Crippen molar-refractivity contribution in [3.63, 3.8) is 0 Å². The van der Waals surface area contributed by atoms with E-state index in [-0.39, 0.29) is 30.7 Å². The molecule has 186 valence electrons. The summed E-state index contributed by atoms with van der Waals surface area (Å²) in [6.07, 6.45) is 2.50. The molecule has 0 aliphatic carbocycles. The minimum Gasteiger partial charge on any atom is -0.391 e. The van der Waals surface area contributed by atoms with E-state index in [1.807, 2.05) is 50.5 Å². The van der Waals surface area contributed by atoms with Crippen molar-refractivity contribution < 1.29 is 14.7 Å². The quantitative estimate of drug-likeness (QED) is 0.501. The van der Waals surface area contributed by atoms with Crippen molar-refractivity contribution in [3.05, 3.63) is 65.6 Å². The van der Waals surface area contributed by atoms with Gasteiger partial charge in [0.15, 0.2) is 0 Å². The zero-order valence-electron chi connectivity index (χ0n) is 20.6. The number of aliphatic hydroxyl groups excluding tert-OH is 1. The highest BCUT2D eigenvalue weighted by atomic mass is 32.1. The number of carbonyl (C=O) groups excluding carboxylic acids is 2. The van der Waals surface area contributed by atoms with Gasteiger partial charge in [-0.05, 0) is 30.9 Å². The molecule has 3 rings (SSSR count). The highest BCUT2D eigenvalue weighted by molar-refractivity contribution is 7.13. The number of aromatic nitrogens is 1. The van der Waals surface area contributed by atoms with Crippen LogP contribution in [0, 0.1) is 18.8 Å². The maximum Gasteiger partial charge on any atom is 0.243 e. The second-order valence-corrected chi connectivity index (χ2v) is 9.77. The van der Waals surface area contributed by atoms with Gasteiger partial charge in [-0.15, -0.1) is 11.3 Å². The SMILES string of the molecule is C=C/N=N\C(=C/C)[C@H](C(=O)N1C[C@H](O)C[C@H]1C(=O)NCc1ccc(-c2scnc2C)cc1)C(C)C. The first-order valence-corrected chi connectivity index (χ1v) is 12.6. The minimum absolute atomic E-state index is 0.0698. The van der Waals surface area contributed by atoms with Crippen molar-refractivity contribution in [2.45, 2.75) is 52.8 Å². The largest absolute Gasteiger partial charge is 0.391 e. The molecule has 9 heteroatoms. The molecule has 1 fully saturated rings. The van der Waals surface area contributed by atoms with Gasteiger partial charge < -0.3 is 15.3 Å². The number of nitrogens with one attached hydrogen (secondary N) is 1. The summed E-state index contributed by atoms with van der Waals surface area (Å²) in [7, 11) is 0. The van der Waals surface area contributed by atoms with E-state index < -0.39 is 18.1 Å². The van der Waals surface area contributed by atoms with Crippen LogP contribution in [0.4, 0.5) is 0 Å². The fourth-order valence-corrected chi connectivity index (χ4v) is 5.12. The number of hydrogen-bond donors (Lipinski definition) is 2. The van der Waals surface area contributed by atoms with Gasteiger partial charge in [0, 0.05) is 25.7 Å². The highest BCUT2D eigenvalue weighted by Crippen LogP contribution is 2.30. The average Bonchev–Trinajstić information content (AvgIpc) is 3.45. The zero-order chi connectivity index (χ0) is 25.5. The molecular formula is C26H33N5O3S. The summed E-state index contributed by atoms with van der Waals surface area (Å²) in [6, 6.07) is 7.23. The lowest BCUT2D eigenvalue weighted by atomic mass is 9.90. The van der Waals surface area contributed by atoms with E-state index in [1.54, 1.807) is 24.3 Å². The Morgan fingerprint density at radius 1 is 1.34 bits per heavy atom. The fraction of sp³-hybridized carbons (Fsp3) is 0.423. The second kappa shape index (κ2) is 12.0. The van der Waals surface area contributed by atoms with Crippen molar-refractivity contribution in [1.29, 1.82) is 0 Å². The number of thiazole rings is 1. The molecule has 8 nitrogen and oxygen atoms in total. The summed E-state index contributed by atoms with van der Waals surface area (Å²) >= 11 is 1.60. The summed E-state index contributed by atoms with van der Waals surface area (Å²) in [5.41, 5.74) is 5.37. The van der Waals surface area contributed by atoms with Crippen LogP contribution in [0.1, 0.15) is 38.4 Å². The van der Waals surface area contributed by atoms with E-state index in [0.717, 1.165) is 21.7 Å². The number of benzene rings is 1. The molecule has 1 aliphatic rings. The number of β-amino-alcohol motifs (C(OH)–C–C–N with tert-alkyl or cyclic N) is 1. The van der Waals surface area contributed by atoms with Gasteiger partial charge in [-0.1, -0.05) is 50.8 Å². The van der Waals surface area contributed by atoms with E-state index in [4.69, 9.17) is 0 Å². The van der Waals surface area contributed by atoms with Gasteiger partial charge in [0.1, 0.15) is 6.04 Å². The average molecular weight is 496 g/mol. The lowest BCUT2D eigenvalue weighted by Gasteiger charge is -2.29. The zero-order valence-corrected chi connectivity index (χ0v) is 21.5. The molecule has 0 spiro atoms. The summed E-state index contributed by atoms with van der Waals surface area (Å²) in [5.74, 6) is -1.17. The maximum atomic E-state index is 13.5. The molecule has 0 bridgehead atoms. The number of amides is 2. The van der Waals surface area contributed by atoms with E-state index in [9.17, 15) is 14.7 Å². The molecule has 2 heterocycles. The van der Waals surface area contributed by atoms with Crippen LogP contribution in [-0.4, -0.2) is 45.5 Å². The predicted molar refractivity (Wildman–Crippen MR) is 137 cm³/mol. The number of nitrogens with zero attached hydrogens (tertiary/aromatic N) is 4. The molecule has 35 heavy (non-hydrogen) atoms. The smallest absolute Gasteiger partial charge is 0.243 e. The maximum absolute atomic E-state index is 13.5. The van der Waals surface area contributed by atoms with Crippen molar-refractivity contribution in [2.75, 3.05) is 6.54 Å². The van der Waals surface area contributed by atoms with E-state index >= 15 is 0 Å². The second-order valence-electron chi connectivity index (χ2n) is 8.91. The van der Waals surface area contributed by atoms with Crippen LogP contribution in [0.3, 0.4) is 0 Å². The third kappa shape index (κ3) is 6.29. The molecule has 1 aromatic heterocycles. The normalized spacial score (nSPS) is 19.4. The number of azo groups is 1. The van der Waals surface area contributed by atoms with Gasteiger partial charge >= 0.3 is 0 Å². The molecule has 0 saturated carbocycles. The Morgan fingerprint density at radius 2 is 2.06 bits per heavy atom. The molecule has 2 N–H and O–H groups in total. The Balaban J connectivity index is 1.70. The molecule has 0 radical (unpaired) electrons. The first-order chi connectivity index (χ1) is 16.8. The number of carbonyl (C=O) groups is 2. The summed E-state index contributed by atoms with van der Waals surface area (Å²) < 4.78 is 0. The number of aliphatic hydroxyl groups is 1. The van der Waals surface area contributed by atoms with Crippen molar-refractivity contribution in [3.8, 4) is 10.4 Å². The van der Waals surface area contributed by atoms with Crippen molar-refractivity contribution in [1.82, 2.24) is 15.2 Å². The van der Waals surface area contributed by atoms with Crippen molar-refractivity contribution in [2.24, 2.45) is 22.1 Å². The third-order valence-corrected chi connectivity index (χ3v) is 7.07. The topological polar surface area (TPSA) is 107 Å². The lowest BCUT2D eigenvalue weighted by Crippen LogP contribution is -2.48. The number of allylic oxidation sites excluding steroid dienone is 1. The van der Waals surface area contributed by atoms with Crippen LogP contribution in [0.5, 0.6) is 0 Å². The first kappa shape index (κ1) is 26.4. The fourth-order valence-electron chi connectivity index (χ4n) is 4.30. The van der Waals surface area contributed by atoms with Gasteiger partial charge in [0.2, 0.25) is 11.8 Å². The van der Waals surface area contributed by atoms with Crippen LogP contribution >= 0.6 is 11.3 Å². The van der Waals surface area contributed by atoms with Gasteiger partial charge in [-0.25, -0.2) is 4.98 Å². The molecule has 1 aromatic carbocycles. The first-order valence-electron chi connectivity index (χ1n) is 11.7. The highest BCUT2D eigenvalue weighted by Gasteiger charge is 2.42. The number of likely N-dealkylation sites (tertiary alicyclic amines) is 1. The van der Waals surface area contributed by atoms with E-state index in [1.165, 1.54) is 11.1 Å². The van der Waals surface area contributed by atoms with Crippen LogP contribution < -0.4 is 5.32 Å². The Kier molecular flexibility index (Phi) is 9.06. The lowest BCUT2D eigenvalue weighted by molar-refractivity contribution is -0.141. The summed E-state index contributed by atoms with van der Waals surface area (Å²) in [6.45, 7) is 11.6. The van der Waals surface area contributed by atoms with Crippen molar-refractivity contribution >= 4 is 23.2 Å². The van der Waals surface area contributed by atoms with Gasteiger partial charge in [0.05, 0.1) is 33.8 Å². The summed E-state index contributed by atoms with van der Waals surface area (Å²) in [5, 5.41) is 21.2. The van der Waals surface area contributed by atoms with Crippen LogP contribution in [0.25, 0.3) is 10.4 Å². The van der Waals surface area contributed by atoms with E-state index in [0.29, 0.717) is 12.2 Å². The molecule has 2 amide bonds. The number of hydrogen-bond acceptors (Lipinski definition) is 7. The molecule has 1 aliphatic heterocycles. The Hall–Kier alpha value is -3.17. The third-order valence-electron chi connectivity index (χ3n) is 6.10. The van der Waals surface area contributed by atoms with Gasteiger partial charge in [0.25, 0.3) is 0 Å². The number of rotatable bonds is 9. The predicted octanol–water partition coefficient (Wildman–Crippen LogP) is 4.47. The Labute approximate surface area is 210 Å². The number of aryl methyl sites for hydroxylation is 1. The Morgan fingerprint density at radius 3 is 2.63 bits per heavy atom. The standard InChI is InChI=1S/C26H33N5O3S/c1-6-21(30-29-7-2)23(16(3)4)26(34)31-14-20(32)12-22(31)25(33)27-13-18-8-10-19(11-9-18)24-17(5)28-15-35-24/h6-11,15-16,20,22-23,32H,2,12-14H2,1,3-5H3,(H,27,33)/b21-6-,30-29-/t20-,22+,23-/m1/s1. The Bertz CT molecular complexity index is 1110. The van der Waals surface area contributed by atoms with Crippen LogP contribution in [0.15, 0.2) is 64.6 Å². The van der Waals surface area contributed by atoms with Gasteiger partial charge in [-0.3, -0.25) is 9.59 Å². The molecule has 3 atom stereocenters. The molecule has 0 unspecified atom stereocenters. The van der Waals surface area contributed by atoms with Gasteiger partial charge in [-0.2, -0.15) is 10.2 Å². The molecular weight excluding hydrogens is 462 g/mol.